The zero-order valence-electron chi connectivity index (χ0n) is 24.9. The molecule has 0 N–H and O–H groups in total. The minimum absolute atomic E-state index is 0.274. The molecule has 2 aliphatic heterocycles. The van der Waals surface area contributed by atoms with Crippen LogP contribution in [0, 0.1) is 41.5 Å². The average molecular weight is 547 g/mol. The number of benzene rings is 3. The molecule has 6 heteroatoms. The molecule has 3 aromatic rings. The molecule has 0 saturated carbocycles. The molecule has 6 nitrogen and oxygen atoms in total. The van der Waals surface area contributed by atoms with Crippen molar-refractivity contribution in [2.45, 2.75) is 98.5 Å². The SMILES string of the molecule is Cc1cc(C)c(OCC(Oc2c(C)cc(C)cc2C)[C@@H]2O[C@H]3OC(C)(C)O[C@H]3C2OCc2ccccc2)c(C)c1. The van der Waals surface area contributed by atoms with Crippen molar-refractivity contribution in [1.29, 1.82) is 0 Å². The van der Waals surface area contributed by atoms with Gasteiger partial charge in [-0.25, -0.2) is 0 Å². The van der Waals surface area contributed by atoms with E-state index >= 15 is 0 Å². The third kappa shape index (κ3) is 6.21. The van der Waals surface area contributed by atoms with E-state index in [1.165, 1.54) is 11.1 Å². The fourth-order valence-corrected chi connectivity index (χ4v) is 6.02. The lowest BCUT2D eigenvalue weighted by molar-refractivity contribution is -0.230. The molecule has 0 aliphatic carbocycles. The highest BCUT2D eigenvalue weighted by Gasteiger charge is 2.58. The molecule has 2 heterocycles. The molecule has 0 spiro atoms. The Morgan fingerprint density at radius 2 is 1.35 bits per heavy atom. The molecule has 2 unspecified atom stereocenters. The minimum atomic E-state index is -0.762. The van der Waals surface area contributed by atoms with Gasteiger partial charge in [0.15, 0.2) is 18.2 Å². The van der Waals surface area contributed by atoms with Crippen molar-refractivity contribution in [3.8, 4) is 11.5 Å². The lowest BCUT2D eigenvalue weighted by Gasteiger charge is -2.32. The largest absolute Gasteiger partial charge is 0.489 e. The monoisotopic (exact) mass is 546 g/mol. The second-order valence-corrected chi connectivity index (χ2v) is 11.8. The molecule has 2 saturated heterocycles. The predicted octanol–water partition coefficient (Wildman–Crippen LogP) is 6.83. The van der Waals surface area contributed by atoms with Crippen molar-refractivity contribution in [1.82, 2.24) is 0 Å². The highest BCUT2D eigenvalue weighted by molar-refractivity contribution is 5.44. The Labute approximate surface area is 238 Å². The fourth-order valence-electron chi connectivity index (χ4n) is 6.02. The summed E-state index contributed by atoms with van der Waals surface area (Å²) in [7, 11) is 0. The number of hydrogen-bond donors (Lipinski definition) is 0. The first-order valence-electron chi connectivity index (χ1n) is 14.1. The smallest absolute Gasteiger partial charge is 0.190 e. The van der Waals surface area contributed by atoms with Gasteiger partial charge in [0.05, 0.1) is 6.61 Å². The van der Waals surface area contributed by atoms with Crippen LogP contribution in [0.1, 0.15) is 52.8 Å². The summed E-state index contributed by atoms with van der Waals surface area (Å²) in [5, 5.41) is 0. The van der Waals surface area contributed by atoms with Gasteiger partial charge >= 0.3 is 0 Å². The predicted molar refractivity (Wildman–Crippen MR) is 155 cm³/mol. The van der Waals surface area contributed by atoms with Gasteiger partial charge in [0.2, 0.25) is 0 Å². The zero-order chi connectivity index (χ0) is 28.6. The van der Waals surface area contributed by atoms with Gasteiger partial charge in [-0.1, -0.05) is 65.7 Å². The highest BCUT2D eigenvalue weighted by Crippen LogP contribution is 2.41. The van der Waals surface area contributed by atoms with Crippen molar-refractivity contribution < 1.29 is 28.4 Å². The Kier molecular flexibility index (Phi) is 8.25. The van der Waals surface area contributed by atoms with E-state index in [2.05, 4.69) is 77.9 Å². The molecular formula is C34H42O6. The second kappa shape index (κ2) is 11.5. The zero-order valence-corrected chi connectivity index (χ0v) is 24.9. The van der Waals surface area contributed by atoms with Crippen molar-refractivity contribution in [3.05, 3.63) is 93.5 Å². The van der Waals surface area contributed by atoms with Gasteiger partial charge in [0, 0.05) is 0 Å². The van der Waals surface area contributed by atoms with Crippen LogP contribution < -0.4 is 9.47 Å². The molecule has 2 aliphatic rings. The van der Waals surface area contributed by atoms with Gasteiger partial charge in [-0.3, -0.25) is 0 Å². The van der Waals surface area contributed by atoms with Crippen LogP contribution >= 0.6 is 0 Å². The van der Waals surface area contributed by atoms with E-state index in [1.54, 1.807) is 0 Å². The second-order valence-electron chi connectivity index (χ2n) is 11.8. The Morgan fingerprint density at radius 3 is 1.95 bits per heavy atom. The van der Waals surface area contributed by atoms with E-state index in [-0.39, 0.29) is 6.61 Å². The summed E-state index contributed by atoms with van der Waals surface area (Å²) in [6.07, 6.45) is -2.34. The molecule has 5 rings (SSSR count). The van der Waals surface area contributed by atoms with E-state index in [0.717, 1.165) is 39.3 Å². The topological polar surface area (TPSA) is 55.4 Å². The summed E-state index contributed by atoms with van der Waals surface area (Å²) in [4.78, 5) is 0. The van der Waals surface area contributed by atoms with Gasteiger partial charge in [-0.15, -0.1) is 0 Å². The number of fused-ring (bicyclic) bond motifs is 1. The highest BCUT2D eigenvalue weighted by atomic mass is 16.8. The molecule has 3 aromatic carbocycles. The maximum atomic E-state index is 6.80. The van der Waals surface area contributed by atoms with Gasteiger partial charge in [-0.2, -0.15) is 0 Å². The first-order valence-corrected chi connectivity index (χ1v) is 14.1. The third-order valence-corrected chi connectivity index (χ3v) is 7.55. The van der Waals surface area contributed by atoms with Gasteiger partial charge in [0.1, 0.15) is 36.4 Å². The van der Waals surface area contributed by atoms with Crippen molar-refractivity contribution >= 4 is 0 Å². The van der Waals surface area contributed by atoms with Crippen LogP contribution in [-0.4, -0.2) is 43.1 Å². The molecule has 40 heavy (non-hydrogen) atoms. The van der Waals surface area contributed by atoms with Gasteiger partial charge < -0.3 is 28.4 Å². The van der Waals surface area contributed by atoms with Crippen LogP contribution in [0.5, 0.6) is 11.5 Å². The summed E-state index contributed by atoms with van der Waals surface area (Å²) in [5.41, 5.74) is 7.80. The van der Waals surface area contributed by atoms with Crippen LogP contribution in [0.25, 0.3) is 0 Å². The molecule has 2 fully saturated rings. The van der Waals surface area contributed by atoms with Crippen LogP contribution in [0.4, 0.5) is 0 Å². The summed E-state index contributed by atoms with van der Waals surface area (Å²) >= 11 is 0. The number of aryl methyl sites for hydroxylation is 6. The average Bonchev–Trinajstić information content (AvgIpc) is 3.34. The molecule has 0 amide bonds. The molecule has 0 radical (unpaired) electrons. The van der Waals surface area contributed by atoms with Crippen molar-refractivity contribution in [2.24, 2.45) is 0 Å². The van der Waals surface area contributed by atoms with E-state index in [4.69, 9.17) is 28.4 Å². The summed E-state index contributed by atoms with van der Waals surface area (Å²) in [5.74, 6) is 0.938. The first-order chi connectivity index (χ1) is 19.0. The maximum absolute atomic E-state index is 6.80. The molecular weight excluding hydrogens is 504 g/mol. The number of hydrogen-bond acceptors (Lipinski definition) is 6. The Balaban J connectivity index is 1.47. The normalized spacial score (nSPS) is 24.1. The minimum Gasteiger partial charge on any atom is -0.489 e. The van der Waals surface area contributed by atoms with E-state index in [1.807, 2.05) is 32.0 Å². The lowest BCUT2D eigenvalue weighted by atomic mass is 10.0. The fraction of sp³-hybridized carbons (Fsp3) is 0.471. The van der Waals surface area contributed by atoms with E-state index in [0.29, 0.717) is 6.61 Å². The third-order valence-electron chi connectivity index (χ3n) is 7.55. The first kappa shape index (κ1) is 28.6. The Bertz CT molecular complexity index is 1290. The standard InChI is InChI=1S/C34H42O6/c1-20-14-22(3)28(23(4)15-20)36-19-27(37-29-24(5)16-21(2)17-25(29)6)30-31(35-18-26-12-10-9-11-13-26)32-33(38-30)40-34(7,8)39-32/h9-17,27,30-33H,18-19H2,1-8H3/t27?,30-,31?,32-,33-/m0/s1. The molecule has 214 valence electrons. The van der Waals surface area contributed by atoms with Crippen LogP contribution in [-0.2, 0) is 25.6 Å². The Hall–Kier alpha value is -2.90. The quantitative estimate of drug-likeness (QED) is 0.293. The van der Waals surface area contributed by atoms with E-state index in [9.17, 15) is 0 Å². The summed E-state index contributed by atoms with van der Waals surface area (Å²) in [6, 6.07) is 18.7. The van der Waals surface area contributed by atoms with Gasteiger partial charge in [0.25, 0.3) is 0 Å². The molecule has 5 atom stereocenters. The van der Waals surface area contributed by atoms with Crippen molar-refractivity contribution in [2.75, 3.05) is 6.61 Å². The summed E-state index contributed by atoms with van der Waals surface area (Å²) in [6.45, 7) is 17.0. The van der Waals surface area contributed by atoms with Crippen LogP contribution in [0.3, 0.4) is 0 Å². The van der Waals surface area contributed by atoms with Crippen LogP contribution in [0.15, 0.2) is 54.6 Å². The molecule has 0 bridgehead atoms. The lowest BCUT2D eigenvalue weighted by Crippen LogP contribution is -2.47. The maximum Gasteiger partial charge on any atom is 0.190 e. The van der Waals surface area contributed by atoms with Gasteiger partial charge in [-0.05, 0) is 83.2 Å². The van der Waals surface area contributed by atoms with Crippen molar-refractivity contribution in [3.63, 3.8) is 0 Å². The summed E-state index contributed by atoms with van der Waals surface area (Å²) < 4.78 is 38.9. The number of rotatable bonds is 9. The molecule has 0 aromatic heterocycles. The Morgan fingerprint density at radius 1 is 0.775 bits per heavy atom. The number of ether oxygens (including phenoxy) is 6. The van der Waals surface area contributed by atoms with E-state index < -0.39 is 36.5 Å². The van der Waals surface area contributed by atoms with Crippen LogP contribution in [0.2, 0.25) is 0 Å².